The fraction of sp³-hybridized carbons (Fsp3) is 0.600. The maximum atomic E-state index is 5.83. The number of ether oxygens (including phenoxy) is 2. The van der Waals surface area contributed by atoms with Crippen LogP contribution < -0.4 is 0 Å². The third-order valence-electron chi connectivity index (χ3n) is 5.07. The summed E-state index contributed by atoms with van der Waals surface area (Å²) in [6, 6.07) is 8.13. The Kier molecular flexibility index (Phi) is 5.62. The van der Waals surface area contributed by atoms with Gasteiger partial charge in [-0.2, -0.15) is 4.98 Å². The summed E-state index contributed by atoms with van der Waals surface area (Å²) in [5.74, 6) is 1.30. The SMILES string of the molecule is Cc1cccc(-c2nc(CN(C[C@H]3CCCO3)C[C@@H]3CCCO3)no2)c1. The highest BCUT2D eigenvalue weighted by Gasteiger charge is 2.25. The molecule has 0 N–H and O–H groups in total. The van der Waals surface area contributed by atoms with Crippen molar-refractivity contribution in [2.24, 2.45) is 0 Å². The molecule has 26 heavy (non-hydrogen) atoms. The van der Waals surface area contributed by atoms with Crippen molar-refractivity contribution < 1.29 is 14.0 Å². The highest BCUT2D eigenvalue weighted by atomic mass is 16.5. The molecule has 140 valence electrons. The van der Waals surface area contributed by atoms with Gasteiger partial charge in [-0.05, 0) is 44.7 Å². The van der Waals surface area contributed by atoms with Crippen LogP contribution in [0.1, 0.15) is 37.1 Å². The van der Waals surface area contributed by atoms with E-state index in [2.05, 4.69) is 34.1 Å². The summed E-state index contributed by atoms with van der Waals surface area (Å²) in [6.45, 7) is 6.26. The number of benzene rings is 1. The molecule has 2 aliphatic rings. The standard InChI is InChI=1S/C20H27N3O3/c1-15-5-2-6-16(11-15)20-21-19(22-26-20)14-23(12-17-7-3-9-24-17)13-18-8-4-10-25-18/h2,5-6,11,17-18H,3-4,7-10,12-14H2,1H3/t17-,18+. The predicted molar refractivity (Wildman–Crippen MR) is 97.7 cm³/mol. The first-order chi connectivity index (χ1) is 12.8. The molecular weight excluding hydrogens is 330 g/mol. The molecule has 3 heterocycles. The van der Waals surface area contributed by atoms with Crippen LogP contribution in [0.25, 0.3) is 11.5 Å². The van der Waals surface area contributed by atoms with Crippen molar-refractivity contribution in [1.29, 1.82) is 0 Å². The number of nitrogens with zero attached hydrogens (tertiary/aromatic N) is 3. The van der Waals surface area contributed by atoms with Crippen LogP contribution in [0.3, 0.4) is 0 Å². The topological polar surface area (TPSA) is 60.6 Å². The van der Waals surface area contributed by atoms with E-state index < -0.39 is 0 Å². The van der Waals surface area contributed by atoms with Gasteiger partial charge in [-0.3, -0.25) is 4.90 Å². The molecule has 4 rings (SSSR count). The van der Waals surface area contributed by atoms with Crippen LogP contribution in [-0.4, -0.2) is 53.6 Å². The van der Waals surface area contributed by atoms with Crippen molar-refractivity contribution in [2.45, 2.75) is 51.4 Å². The first-order valence-corrected chi connectivity index (χ1v) is 9.61. The number of hydrogen-bond donors (Lipinski definition) is 0. The molecule has 0 saturated carbocycles. The lowest BCUT2D eigenvalue weighted by molar-refractivity contribution is 0.0334. The molecule has 0 unspecified atom stereocenters. The van der Waals surface area contributed by atoms with Gasteiger partial charge in [0, 0.05) is 31.9 Å². The lowest BCUT2D eigenvalue weighted by atomic mass is 10.1. The Morgan fingerprint density at radius 1 is 1.08 bits per heavy atom. The average Bonchev–Trinajstić information content (AvgIpc) is 3.37. The summed E-state index contributed by atoms with van der Waals surface area (Å²) in [4.78, 5) is 6.97. The van der Waals surface area contributed by atoms with E-state index in [4.69, 9.17) is 14.0 Å². The Morgan fingerprint density at radius 2 is 1.81 bits per heavy atom. The van der Waals surface area contributed by atoms with Gasteiger partial charge in [0.25, 0.3) is 5.89 Å². The first kappa shape index (κ1) is 17.6. The van der Waals surface area contributed by atoms with E-state index in [9.17, 15) is 0 Å². The third-order valence-corrected chi connectivity index (χ3v) is 5.07. The normalized spacial score (nSPS) is 23.2. The molecule has 2 aliphatic heterocycles. The van der Waals surface area contributed by atoms with Gasteiger partial charge in [0.15, 0.2) is 5.82 Å². The smallest absolute Gasteiger partial charge is 0.257 e. The van der Waals surface area contributed by atoms with Crippen molar-refractivity contribution in [1.82, 2.24) is 15.0 Å². The summed E-state index contributed by atoms with van der Waals surface area (Å²) >= 11 is 0. The minimum Gasteiger partial charge on any atom is -0.377 e. The van der Waals surface area contributed by atoms with Gasteiger partial charge in [-0.1, -0.05) is 22.9 Å². The summed E-state index contributed by atoms with van der Waals surface area (Å²) in [5, 5.41) is 4.20. The second-order valence-electron chi connectivity index (χ2n) is 7.35. The summed E-state index contributed by atoms with van der Waals surface area (Å²) < 4.78 is 17.1. The second-order valence-corrected chi connectivity index (χ2v) is 7.35. The maximum Gasteiger partial charge on any atom is 0.257 e. The van der Waals surface area contributed by atoms with Gasteiger partial charge in [-0.15, -0.1) is 0 Å². The molecule has 0 spiro atoms. The van der Waals surface area contributed by atoms with E-state index in [1.165, 1.54) is 5.56 Å². The van der Waals surface area contributed by atoms with Crippen LogP contribution in [0.4, 0.5) is 0 Å². The van der Waals surface area contributed by atoms with E-state index >= 15 is 0 Å². The van der Waals surface area contributed by atoms with Crippen LogP contribution in [0.15, 0.2) is 28.8 Å². The molecule has 1 aromatic carbocycles. The molecule has 1 aromatic heterocycles. The van der Waals surface area contributed by atoms with E-state index in [1.807, 2.05) is 12.1 Å². The lowest BCUT2D eigenvalue weighted by Gasteiger charge is -2.26. The highest BCUT2D eigenvalue weighted by Crippen LogP contribution is 2.21. The van der Waals surface area contributed by atoms with Crippen LogP contribution in [0.2, 0.25) is 0 Å². The number of rotatable bonds is 7. The first-order valence-electron chi connectivity index (χ1n) is 9.61. The van der Waals surface area contributed by atoms with Crippen LogP contribution >= 0.6 is 0 Å². The zero-order valence-electron chi connectivity index (χ0n) is 15.4. The van der Waals surface area contributed by atoms with Gasteiger partial charge in [-0.25, -0.2) is 0 Å². The maximum absolute atomic E-state index is 5.83. The minimum atomic E-state index is 0.305. The molecule has 2 aromatic rings. The molecular formula is C20H27N3O3. The molecule has 0 radical (unpaired) electrons. The minimum absolute atomic E-state index is 0.305. The van der Waals surface area contributed by atoms with Gasteiger partial charge < -0.3 is 14.0 Å². The van der Waals surface area contributed by atoms with Gasteiger partial charge in [0.1, 0.15) is 0 Å². The second kappa shape index (κ2) is 8.29. The molecule has 0 aliphatic carbocycles. The predicted octanol–water partition coefficient (Wildman–Crippen LogP) is 3.21. The fourth-order valence-electron chi connectivity index (χ4n) is 3.77. The van der Waals surface area contributed by atoms with Crippen molar-refractivity contribution in [2.75, 3.05) is 26.3 Å². The number of aryl methyl sites for hydroxylation is 1. The zero-order chi connectivity index (χ0) is 17.8. The molecule has 6 nitrogen and oxygen atoms in total. The van der Waals surface area contributed by atoms with Crippen LogP contribution in [0.5, 0.6) is 0 Å². The highest BCUT2D eigenvalue weighted by molar-refractivity contribution is 5.53. The van der Waals surface area contributed by atoms with Gasteiger partial charge >= 0.3 is 0 Å². The number of hydrogen-bond acceptors (Lipinski definition) is 6. The van der Waals surface area contributed by atoms with Crippen molar-refractivity contribution in [3.05, 3.63) is 35.7 Å². The van der Waals surface area contributed by atoms with Crippen LogP contribution in [0, 0.1) is 6.92 Å². The summed E-state index contributed by atoms with van der Waals surface area (Å²) in [6.07, 6.45) is 5.17. The van der Waals surface area contributed by atoms with Crippen molar-refractivity contribution >= 4 is 0 Å². The number of aromatic nitrogens is 2. The molecule has 2 fully saturated rings. The lowest BCUT2D eigenvalue weighted by Crippen LogP contribution is -2.37. The van der Waals surface area contributed by atoms with E-state index in [-0.39, 0.29) is 0 Å². The van der Waals surface area contributed by atoms with E-state index in [0.717, 1.165) is 63.4 Å². The largest absolute Gasteiger partial charge is 0.377 e. The molecule has 0 bridgehead atoms. The molecule has 2 saturated heterocycles. The average molecular weight is 357 g/mol. The Labute approximate surface area is 154 Å². The van der Waals surface area contributed by atoms with Gasteiger partial charge in [0.2, 0.25) is 0 Å². The molecule has 0 amide bonds. The Hall–Kier alpha value is -1.76. The molecule has 6 heteroatoms. The van der Waals surface area contributed by atoms with E-state index in [0.29, 0.717) is 24.6 Å². The third kappa shape index (κ3) is 4.50. The Balaban J connectivity index is 1.44. The monoisotopic (exact) mass is 357 g/mol. The quantitative estimate of drug-likeness (QED) is 0.758. The fourth-order valence-corrected chi connectivity index (χ4v) is 3.77. The van der Waals surface area contributed by atoms with E-state index in [1.54, 1.807) is 0 Å². The Bertz CT molecular complexity index is 688. The van der Waals surface area contributed by atoms with Gasteiger partial charge in [0.05, 0.1) is 18.8 Å². The van der Waals surface area contributed by atoms with Crippen LogP contribution in [-0.2, 0) is 16.0 Å². The summed E-state index contributed by atoms with van der Waals surface area (Å²) in [7, 11) is 0. The van der Waals surface area contributed by atoms with Crippen molar-refractivity contribution in [3.63, 3.8) is 0 Å². The van der Waals surface area contributed by atoms with Crippen molar-refractivity contribution in [3.8, 4) is 11.5 Å². The summed E-state index contributed by atoms with van der Waals surface area (Å²) in [5.41, 5.74) is 2.15. The zero-order valence-corrected chi connectivity index (χ0v) is 15.4. The molecule has 2 atom stereocenters. The Morgan fingerprint density at radius 3 is 2.42 bits per heavy atom.